The van der Waals surface area contributed by atoms with Crippen LogP contribution in [0.5, 0.6) is 0 Å². The molecule has 0 heterocycles. The van der Waals surface area contributed by atoms with E-state index in [9.17, 15) is 4.79 Å². The van der Waals surface area contributed by atoms with Crippen molar-refractivity contribution in [2.75, 3.05) is 0 Å². The van der Waals surface area contributed by atoms with Gasteiger partial charge in [-0.15, -0.1) is 0 Å². The SMILES string of the molecule is Cc1c(I)cc(Br)cc1C(=O)O. The first kappa shape index (κ1) is 9.98. The molecule has 1 aromatic carbocycles. The predicted octanol–water partition coefficient (Wildman–Crippen LogP) is 3.06. The Labute approximate surface area is 92.2 Å². The first-order valence-corrected chi connectivity index (χ1v) is 5.08. The molecule has 1 rings (SSSR count). The summed E-state index contributed by atoms with van der Waals surface area (Å²) >= 11 is 5.36. The molecule has 0 aromatic heterocycles. The van der Waals surface area contributed by atoms with Gasteiger partial charge in [-0.2, -0.15) is 0 Å². The third-order valence-corrected chi connectivity index (χ3v) is 3.12. The number of hydrogen-bond donors (Lipinski definition) is 1. The Morgan fingerprint density at radius 3 is 2.67 bits per heavy atom. The summed E-state index contributed by atoms with van der Waals surface area (Å²) in [4.78, 5) is 10.7. The van der Waals surface area contributed by atoms with Crippen LogP contribution in [0.3, 0.4) is 0 Å². The predicted molar refractivity (Wildman–Crippen MR) is 58.6 cm³/mol. The summed E-state index contributed by atoms with van der Waals surface area (Å²) in [6.07, 6.45) is 0. The largest absolute Gasteiger partial charge is 0.478 e. The molecule has 12 heavy (non-hydrogen) atoms. The van der Waals surface area contributed by atoms with Crippen molar-refractivity contribution in [3.05, 3.63) is 31.3 Å². The third-order valence-electron chi connectivity index (χ3n) is 1.54. The highest BCUT2D eigenvalue weighted by Crippen LogP contribution is 2.22. The number of carbonyl (C=O) groups is 1. The summed E-state index contributed by atoms with van der Waals surface area (Å²) in [7, 11) is 0. The van der Waals surface area contributed by atoms with Gasteiger partial charge < -0.3 is 5.11 Å². The third kappa shape index (κ3) is 1.98. The molecule has 0 aliphatic heterocycles. The fourth-order valence-corrected chi connectivity index (χ4v) is 2.38. The summed E-state index contributed by atoms with van der Waals surface area (Å²) < 4.78 is 1.76. The van der Waals surface area contributed by atoms with E-state index in [1.165, 1.54) is 0 Å². The molecular weight excluding hydrogens is 335 g/mol. The van der Waals surface area contributed by atoms with Crippen molar-refractivity contribution in [3.8, 4) is 0 Å². The van der Waals surface area contributed by atoms with Crippen molar-refractivity contribution in [2.24, 2.45) is 0 Å². The zero-order valence-electron chi connectivity index (χ0n) is 6.27. The average molecular weight is 341 g/mol. The first-order valence-electron chi connectivity index (χ1n) is 3.21. The number of benzene rings is 1. The maximum atomic E-state index is 10.7. The maximum absolute atomic E-state index is 10.7. The van der Waals surface area contributed by atoms with Crippen LogP contribution in [0.4, 0.5) is 0 Å². The second-order valence-corrected chi connectivity index (χ2v) is 4.44. The lowest BCUT2D eigenvalue weighted by atomic mass is 10.1. The van der Waals surface area contributed by atoms with Crippen LogP contribution in [0.1, 0.15) is 15.9 Å². The highest BCUT2D eigenvalue weighted by molar-refractivity contribution is 14.1. The lowest BCUT2D eigenvalue weighted by Crippen LogP contribution is -2.01. The normalized spacial score (nSPS) is 9.92. The average Bonchev–Trinajstić information content (AvgIpc) is 1.96. The molecule has 2 nitrogen and oxygen atoms in total. The molecule has 0 radical (unpaired) electrons. The van der Waals surface area contributed by atoms with E-state index in [1.54, 1.807) is 13.0 Å². The highest BCUT2D eigenvalue weighted by Gasteiger charge is 2.09. The van der Waals surface area contributed by atoms with E-state index in [-0.39, 0.29) is 0 Å². The number of rotatable bonds is 1. The van der Waals surface area contributed by atoms with Crippen LogP contribution in [0.2, 0.25) is 0 Å². The zero-order valence-corrected chi connectivity index (χ0v) is 10.0. The van der Waals surface area contributed by atoms with Gasteiger partial charge in [-0.05, 0) is 47.2 Å². The molecule has 1 aromatic rings. The van der Waals surface area contributed by atoms with E-state index in [1.807, 2.05) is 6.07 Å². The van der Waals surface area contributed by atoms with E-state index >= 15 is 0 Å². The molecule has 1 N–H and O–H groups in total. The molecule has 0 aliphatic rings. The summed E-state index contributed by atoms with van der Waals surface area (Å²) in [5.74, 6) is -0.883. The number of carboxylic acids is 1. The first-order chi connectivity index (χ1) is 5.52. The van der Waals surface area contributed by atoms with Gasteiger partial charge in [0.1, 0.15) is 0 Å². The molecule has 64 valence electrons. The molecule has 0 saturated heterocycles. The fraction of sp³-hybridized carbons (Fsp3) is 0.125. The Kier molecular flexibility index (Phi) is 3.11. The molecule has 4 heteroatoms. The molecule has 0 fully saturated rings. The smallest absolute Gasteiger partial charge is 0.336 e. The van der Waals surface area contributed by atoms with E-state index in [0.717, 1.165) is 13.6 Å². The van der Waals surface area contributed by atoms with Gasteiger partial charge in [0.25, 0.3) is 0 Å². The van der Waals surface area contributed by atoms with Crippen LogP contribution in [0, 0.1) is 10.5 Å². The Balaban J connectivity index is 3.37. The van der Waals surface area contributed by atoms with Crippen molar-refractivity contribution in [2.45, 2.75) is 6.92 Å². The van der Waals surface area contributed by atoms with Gasteiger partial charge in [0.2, 0.25) is 0 Å². The maximum Gasteiger partial charge on any atom is 0.336 e. The summed E-state index contributed by atoms with van der Waals surface area (Å²) in [5.41, 5.74) is 1.17. The molecule has 0 atom stereocenters. The highest BCUT2D eigenvalue weighted by atomic mass is 127. The second kappa shape index (κ2) is 3.74. The molecule has 0 bridgehead atoms. The molecule has 0 spiro atoms. The van der Waals surface area contributed by atoms with Gasteiger partial charge in [-0.3, -0.25) is 0 Å². The van der Waals surface area contributed by atoms with E-state index in [0.29, 0.717) is 5.56 Å². The van der Waals surface area contributed by atoms with Gasteiger partial charge in [-0.25, -0.2) is 4.79 Å². The van der Waals surface area contributed by atoms with Gasteiger partial charge in [0.15, 0.2) is 0 Å². The van der Waals surface area contributed by atoms with Crippen LogP contribution in [-0.4, -0.2) is 11.1 Å². The standard InChI is InChI=1S/C8H6BrIO2/c1-4-6(8(11)12)2-5(9)3-7(4)10/h2-3H,1H3,(H,11,12). The topological polar surface area (TPSA) is 37.3 Å². The number of aromatic carboxylic acids is 1. The number of carboxylic acid groups (broad SMARTS) is 1. The van der Waals surface area contributed by atoms with Gasteiger partial charge in [-0.1, -0.05) is 15.9 Å². The van der Waals surface area contributed by atoms with Crippen LogP contribution in [0.25, 0.3) is 0 Å². The quantitative estimate of drug-likeness (QED) is 0.798. The lowest BCUT2D eigenvalue weighted by Gasteiger charge is -2.03. The van der Waals surface area contributed by atoms with Crippen LogP contribution in [-0.2, 0) is 0 Å². The minimum Gasteiger partial charge on any atom is -0.478 e. The number of halogens is 2. The zero-order chi connectivity index (χ0) is 9.30. The Hall–Kier alpha value is -0.100. The summed E-state index contributed by atoms with van der Waals surface area (Å²) in [5, 5.41) is 8.79. The van der Waals surface area contributed by atoms with Crippen molar-refractivity contribution >= 4 is 44.5 Å². The molecule has 0 aliphatic carbocycles. The molecule has 0 unspecified atom stereocenters. The van der Waals surface area contributed by atoms with Crippen LogP contribution in [0.15, 0.2) is 16.6 Å². The van der Waals surface area contributed by atoms with Crippen molar-refractivity contribution < 1.29 is 9.90 Å². The van der Waals surface area contributed by atoms with Crippen molar-refractivity contribution in [3.63, 3.8) is 0 Å². The van der Waals surface area contributed by atoms with Crippen LogP contribution >= 0.6 is 38.5 Å². The summed E-state index contributed by atoms with van der Waals surface area (Å²) in [6, 6.07) is 3.50. The molecular formula is C8H6BrIO2. The second-order valence-electron chi connectivity index (χ2n) is 2.37. The van der Waals surface area contributed by atoms with E-state index in [4.69, 9.17) is 5.11 Å². The monoisotopic (exact) mass is 340 g/mol. The van der Waals surface area contributed by atoms with Gasteiger partial charge in [0, 0.05) is 8.04 Å². The minimum absolute atomic E-state index is 0.355. The minimum atomic E-state index is -0.883. The van der Waals surface area contributed by atoms with E-state index in [2.05, 4.69) is 38.5 Å². The van der Waals surface area contributed by atoms with Crippen molar-refractivity contribution in [1.82, 2.24) is 0 Å². The molecule has 0 saturated carbocycles. The Morgan fingerprint density at radius 2 is 2.17 bits per heavy atom. The van der Waals surface area contributed by atoms with Gasteiger partial charge >= 0.3 is 5.97 Å². The number of hydrogen-bond acceptors (Lipinski definition) is 1. The fourth-order valence-electron chi connectivity index (χ4n) is 0.868. The lowest BCUT2D eigenvalue weighted by molar-refractivity contribution is 0.0696. The Morgan fingerprint density at radius 1 is 1.58 bits per heavy atom. The molecule has 0 amide bonds. The van der Waals surface area contributed by atoms with Gasteiger partial charge in [0.05, 0.1) is 5.56 Å². The Bertz CT molecular complexity index is 336. The summed E-state index contributed by atoms with van der Waals surface area (Å²) in [6.45, 7) is 1.80. The van der Waals surface area contributed by atoms with E-state index < -0.39 is 5.97 Å². The van der Waals surface area contributed by atoms with Crippen LogP contribution < -0.4 is 0 Å². The van der Waals surface area contributed by atoms with Crippen molar-refractivity contribution in [1.29, 1.82) is 0 Å².